The maximum atomic E-state index is 14.4. The SMILES string of the molecule is CCCCc1ccc(-c2ccc(C(=O)C[C@@H](CCCCN)C(=O)N(C)[C@@H](Cc3ccc(O)cc3)C(=O)C[C@@H](C)C(=O)N[C@@H](CCCCN)C(=O)C[C@@H](C)B(O)O)cc2)cc1. The van der Waals surface area contributed by atoms with Crippen LogP contribution in [0, 0.1) is 11.8 Å². The number of nitrogens with one attached hydrogen (secondary N) is 1. The first-order chi connectivity index (χ1) is 28.7. The molecular formula is C47H67BN4O8. The summed E-state index contributed by atoms with van der Waals surface area (Å²) in [5.74, 6) is -4.14. The Labute approximate surface area is 356 Å². The van der Waals surface area contributed by atoms with E-state index in [9.17, 15) is 39.1 Å². The molecule has 8 N–H and O–H groups in total. The highest BCUT2D eigenvalue weighted by Gasteiger charge is 2.35. The van der Waals surface area contributed by atoms with Gasteiger partial charge in [0, 0.05) is 43.7 Å². The summed E-state index contributed by atoms with van der Waals surface area (Å²) in [6.45, 7) is 6.11. The molecule has 0 radical (unpaired) electrons. The van der Waals surface area contributed by atoms with Gasteiger partial charge in [-0.05, 0) is 105 Å². The number of nitrogens with two attached hydrogens (primary N) is 2. The molecule has 0 aromatic heterocycles. The second-order valence-electron chi connectivity index (χ2n) is 16.3. The Morgan fingerprint density at radius 1 is 0.717 bits per heavy atom. The van der Waals surface area contributed by atoms with Crippen molar-refractivity contribution in [3.05, 3.63) is 89.5 Å². The van der Waals surface area contributed by atoms with E-state index in [4.69, 9.17) is 11.5 Å². The first-order valence-corrected chi connectivity index (χ1v) is 21.6. The molecule has 0 spiro atoms. The minimum absolute atomic E-state index is 0.0432. The molecule has 0 aliphatic carbocycles. The van der Waals surface area contributed by atoms with Crippen molar-refractivity contribution in [2.24, 2.45) is 23.3 Å². The van der Waals surface area contributed by atoms with Crippen LogP contribution >= 0.6 is 0 Å². The molecule has 12 nitrogen and oxygen atoms in total. The number of amides is 2. The summed E-state index contributed by atoms with van der Waals surface area (Å²) in [6, 6.07) is 20.2. The number of carbonyl (C=O) groups is 5. The number of phenols is 1. The van der Waals surface area contributed by atoms with Gasteiger partial charge in [-0.3, -0.25) is 24.0 Å². The molecule has 0 heterocycles. The summed E-state index contributed by atoms with van der Waals surface area (Å²) in [5, 5.41) is 31.8. The van der Waals surface area contributed by atoms with E-state index in [-0.39, 0.29) is 54.7 Å². The quantitative estimate of drug-likeness (QED) is 0.0293. The number of benzene rings is 3. The van der Waals surface area contributed by atoms with Gasteiger partial charge < -0.3 is 36.8 Å². The number of carbonyl (C=O) groups excluding carboxylic acids is 5. The van der Waals surface area contributed by atoms with Crippen molar-refractivity contribution >= 4 is 36.3 Å². The Balaban J connectivity index is 1.82. The first kappa shape index (κ1) is 49.7. The lowest BCUT2D eigenvalue weighted by atomic mass is 9.71. The monoisotopic (exact) mass is 827 g/mol. The molecule has 0 aliphatic rings. The van der Waals surface area contributed by atoms with Gasteiger partial charge in [-0.2, -0.15) is 0 Å². The number of likely N-dealkylation sites (N-methyl/N-ethyl adjacent to an activating group) is 1. The van der Waals surface area contributed by atoms with Gasteiger partial charge in [0.15, 0.2) is 17.3 Å². The Bertz CT molecular complexity index is 1800. The van der Waals surface area contributed by atoms with E-state index in [1.807, 2.05) is 12.1 Å². The first-order valence-electron chi connectivity index (χ1n) is 21.6. The molecule has 2 amide bonds. The zero-order valence-electron chi connectivity index (χ0n) is 36.0. The summed E-state index contributed by atoms with van der Waals surface area (Å²) in [7, 11) is -0.147. The lowest BCUT2D eigenvalue weighted by molar-refractivity contribution is -0.142. The zero-order chi connectivity index (χ0) is 44.2. The smallest absolute Gasteiger partial charge is 0.454 e. The van der Waals surface area contributed by atoms with E-state index in [2.05, 4.69) is 36.5 Å². The van der Waals surface area contributed by atoms with Crippen molar-refractivity contribution in [2.75, 3.05) is 20.1 Å². The number of hydrogen-bond acceptors (Lipinski definition) is 10. The molecule has 5 atom stereocenters. The van der Waals surface area contributed by atoms with Gasteiger partial charge in [0.1, 0.15) is 5.75 Å². The van der Waals surface area contributed by atoms with Crippen LogP contribution in [0.15, 0.2) is 72.8 Å². The molecule has 60 heavy (non-hydrogen) atoms. The number of phenolic OH excluding ortho intramolecular Hbond substituents is 1. The van der Waals surface area contributed by atoms with Gasteiger partial charge in [-0.25, -0.2) is 0 Å². The highest BCUT2D eigenvalue weighted by Crippen LogP contribution is 2.26. The van der Waals surface area contributed by atoms with Crippen molar-refractivity contribution in [3.63, 3.8) is 0 Å². The van der Waals surface area contributed by atoms with E-state index in [1.54, 1.807) is 38.2 Å². The third-order valence-electron chi connectivity index (χ3n) is 11.3. The number of aryl methyl sites for hydroxylation is 1. The van der Waals surface area contributed by atoms with E-state index in [0.717, 1.165) is 30.4 Å². The topological polar surface area (TPSA) is 213 Å². The van der Waals surface area contributed by atoms with Crippen LogP contribution in [0.4, 0.5) is 0 Å². The summed E-state index contributed by atoms with van der Waals surface area (Å²) in [6.07, 6.45) is 6.08. The van der Waals surface area contributed by atoms with Crippen LogP contribution in [0.5, 0.6) is 5.75 Å². The Morgan fingerprint density at radius 3 is 1.85 bits per heavy atom. The van der Waals surface area contributed by atoms with Gasteiger partial charge in [-0.15, -0.1) is 0 Å². The molecule has 0 fully saturated rings. The highest BCUT2D eigenvalue weighted by molar-refractivity contribution is 6.43. The van der Waals surface area contributed by atoms with Crippen molar-refractivity contribution in [2.45, 2.75) is 122 Å². The van der Waals surface area contributed by atoms with Crippen LogP contribution in [0.2, 0.25) is 5.82 Å². The summed E-state index contributed by atoms with van der Waals surface area (Å²) >= 11 is 0. The molecular weight excluding hydrogens is 759 g/mol. The number of aromatic hydroxyl groups is 1. The molecule has 13 heteroatoms. The van der Waals surface area contributed by atoms with Crippen LogP contribution in [0.25, 0.3) is 11.1 Å². The molecule has 326 valence electrons. The molecule has 0 saturated heterocycles. The number of ketones is 3. The number of nitrogens with zero attached hydrogens (tertiary/aromatic N) is 1. The Morgan fingerprint density at radius 2 is 1.28 bits per heavy atom. The third kappa shape index (κ3) is 16.1. The van der Waals surface area contributed by atoms with Crippen LogP contribution in [-0.4, -0.2) is 88.6 Å². The average molecular weight is 827 g/mol. The molecule has 0 unspecified atom stereocenters. The fourth-order valence-electron chi connectivity index (χ4n) is 7.26. The zero-order valence-corrected chi connectivity index (χ0v) is 36.0. The van der Waals surface area contributed by atoms with Crippen LogP contribution in [-0.2, 0) is 32.0 Å². The Hall–Kier alpha value is -4.69. The van der Waals surface area contributed by atoms with Gasteiger partial charge in [0.25, 0.3) is 0 Å². The van der Waals surface area contributed by atoms with Gasteiger partial charge in [0.05, 0.1) is 12.1 Å². The van der Waals surface area contributed by atoms with Gasteiger partial charge in [-0.1, -0.05) is 94.3 Å². The van der Waals surface area contributed by atoms with E-state index in [0.29, 0.717) is 62.7 Å². The van der Waals surface area contributed by atoms with Crippen LogP contribution < -0.4 is 16.8 Å². The maximum absolute atomic E-state index is 14.4. The number of rotatable bonds is 28. The number of hydrogen-bond donors (Lipinski definition) is 6. The fourth-order valence-corrected chi connectivity index (χ4v) is 7.26. The van der Waals surface area contributed by atoms with Crippen molar-refractivity contribution in [3.8, 4) is 16.9 Å². The van der Waals surface area contributed by atoms with E-state index >= 15 is 0 Å². The molecule has 3 rings (SSSR count). The molecule has 0 aliphatic heterocycles. The third-order valence-corrected chi connectivity index (χ3v) is 11.3. The predicted octanol–water partition coefficient (Wildman–Crippen LogP) is 5.82. The van der Waals surface area contributed by atoms with E-state index < -0.39 is 42.8 Å². The van der Waals surface area contributed by atoms with Crippen molar-refractivity contribution in [1.29, 1.82) is 0 Å². The maximum Gasteiger partial charge on any atom is 0.454 e. The lowest BCUT2D eigenvalue weighted by Gasteiger charge is -2.31. The lowest BCUT2D eigenvalue weighted by Crippen LogP contribution is -2.48. The average Bonchev–Trinajstić information content (AvgIpc) is 3.24. The largest absolute Gasteiger partial charge is 0.508 e. The van der Waals surface area contributed by atoms with Gasteiger partial charge >= 0.3 is 7.12 Å². The highest BCUT2D eigenvalue weighted by atomic mass is 16.4. The number of unbranched alkanes of at least 4 members (excludes halogenated alkanes) is 3. The van der Waals surface area contributed by atoms with Crippen molar-refractivity contribution in [1.82, 2.24) is 10.2 Å². The van der Waals surface area contributed by atoms with E-state index in [1.165, 1.54) is 29.5 Å². The predicted molar refractivity (Wildman–Crippen MR) is 237 cm³/mol. The van der Waals surface area contributed by atoms with Crippen LogP contribution in [0.3, 0.4) is 0 Å². The summed E-state index contributed by atoms with van der Waals surface area (Å²) in [4.78, 5) is 70.5. The fraction of sp³-hybridized carbons (Fsp3) is 0.511. The minimum atomic E-state index is -1.69. The standard InChI is InChI=1S/C47H67BN4O8/c1-5-6-11-34-14-18-36(19-15-34)37-20-22-38(23-21-37)43(54)31-39(12-7-9-26-49)47(58)52(4)42(30-35-16-24-40(53)25-17-35)45(56)28-32(2)46(57)51-41(13-8-10-27-50)44(55)29-33(3)48(59)60/h14-25,32-33,39,41-42,53,59-60H,5-13,26-31,49-50H2,1-4H3,(H,51,57)/t32-,33-,39-,41+,42+/m1/s1. The Kier molecular flexibility index (Phi) is 21.4. The minimum Gasteiger partial charge on any atom is -0.508 e. The second kappa shape index (κ2) is 25.8. The van der Waals surface area contributed by atoms with Crippen LogP contribution in [0.1, 0.15) is 113 Å². The summed E-state index contributed by atoms with van der Waals surface area (Å²) < 4.78 is 0. The number of Topliss-reactive ketones (excluding diaryl/α,β-unsaturated/α-hetero) is 3. The molecule has 0 bridgehead atoms. The molecule has 0 saturated carbocycles. The summed E-state index contributed by atoms with van der Waals surface area (Å²) in [5.41, 5.74) is 15.9. The molecule has 3 aromatic carbocycles. The van der Waals surface area contributed by atoms with Crippen molar-refractivity contribution < 1.29 is 39.1 Å². The molecule has 3 aromatic rings. The second-order valence-corrected chi connectivity index (χ2v) is 16.3. The normalized spacial score (nSPS) is 13.7. The van der Waals surface area contributed by atoms with Gasteiger partial charge in [0.2, 0.25) is 11.8 Å².